The molecule has 5 nitrogen and oxygen atoms in total. The van der Waals surface area contributed by atoms with E-state index in [0.717, 1.165) is 42.8 Å². The fraction of sp³-hybridized carbons (Fsp3) is 0.333. The second-order valence-electron chi connectivity index (χ2n) is 4.76. The van der Waals surface area contributed by atoms with Crippen LogP contribution in [0.15, 0.2) is 51.9 Å². The number of hydrogen-bond donors (Lipinski definition) is 0. The van der Waals surface area contributed by atoms with E-state index in [4.69, 9.17) is 14.7 Å². The molecule has 2 heterocycles. The van der Waals surface area contributed by atoms with Gasteiger partial charge >= 0.3 is 0 Å². The Kier molecular flexibility index (Phi) is 4.47. The first kappa shape index (κ1) is 14.0. The average molecular weight is 302 g/mol. The van der Waals surface area contributed by atoms with Crippen LogP contribution in [0.2, 0.25) is 0 Å². The Morgan fingerprint density at radius 1 is 1.19 bits per heavy atom. The summed E-state index contributed by atoms with van der Waals surface area (Å²) in [5.41, 5.74) is 0.918. The van der Waals surface area contributed by atoms with Gasteiger partial charge in [-0.15, -0.1) is 11.3 Å². The molecule has 6 heteroatoms. The zero-order valence-electron chi connectivity index (χ0n) is 12.0. The van der Waals surface area contributed by atoms with Crippen LogP contribution in [0.1, 0.15) is 0 Å². The van der Waals surface area contributed by atoms with Gasteiger partial charge in [0.1, 0.15) is 0 Å². The number of ether oxygens (including phenoxy) is 1. The molecule has 3 rings (SSSR count). The Labute approximate surface area is 127 Å². The van der Waals surface area contributed by atoms with Gasteiger partial charge in [0, 0.05) is 31.7 Å². The van der Waals surface area contributed by atoms with Gasteiger partial charge in [0.2, 0.25) is 5.96 Å². The Balaban J connectivity index is 1.99. The summed E-state index contributed by atoms with van der Waals surface area (Å²) in [6.07, 6.45) is 2.00. The highest BCUT2D eigenvalue weighted by atomic mass is 32.1. The molecule has 110 valence electrons. The van der Waals surface area contributed by atoms with Crippen molar-refractivity contribution in [2.75, 3.05) is 26.3 Å². The van der Waals surface area contributed by atoms with E-state index in [0.29, 0.717) is 0 Å². The molecule has 0 amide bonds. The van der Waals surface area contributed by atoms with Crippen molar-refractivity contribution in [3.8, 4) is 0 Å². The lowest BCUT2D eigenvalue weighted by molar-refractivity contribution is 0.0675. The smallest absolute Gasteiger partial charge is 0.228 e. The first-order chi connectivity index (χ1) is 10.3. The van der Waals surface area contributed by atoms with Crippen LogP contribution in [-0.2, 0) is 11.8 Å². The number of hydrogen-bond acceptors (Lipinski definition) is 3. The van der Waals surface area contributed by atoms with E-state index in [9.17, 15) is 0 Å². The SMILES string of the molecule is Cn1ccsc1=NC(=Nc1ccccc1)N1CCOCC1. The number of morpholine rings is 1. The summed E-state index contributed by atoms with van der Waals surface area (Å²) < 4.78 is 7.42. The second-order valence-corrected chi connectivity index (χ2v) is 5.63. The van der Waals surface area contributed by atoms with E-state index in [1.165, 1.54) is 0 Å². The number of nitrogens with zero attached hydrogens (tertiary/aromatic N) is 4. The maximum Gasteiger partial charge on any atom is 0.228 e. The molecule has 2 aromatic rings. The summed E-state index contributed by atoms with van der Waals surface area (Å²) in [6, 6.07) is 9.94. The van der Waals surface area contributed by atoms with Crippen molar-refractivity contribution in [3.63, 3.8) is 0 Å². The van der Waals surface area contributed by atoms with Gasteiger partial charge in [0.15, 0.2) is 4.80 Å². The molecule has 21 heavy (non-hydrogen) atoms. The highest BCUT2D eigenvalue weighted by molar-refractivity contribution is 7.07. The fourth-order valence-electron chi connectivity index (χ4n) is 2.07. The maximum atomic E-state index is 5.42. The average Bonchev–Trinajstić information content (AvgIpc) is 2.94. The topological polar surface area (TPSA) is 42.1 Å². The fourth-order valence-corrected chi connectivity index (χ4v) is 2.79. The monoisotopic (exact) mass is 302 g/mol. The van der Waals surface area contributed by atoms with Crippen LogP contribution in [0.4, 0.5) is 5.69 Å². The molecule has 0 saturated carbocycles. The van der Waals surface area contributed by atoms with Crippen molar-refractivity contribution < 1.29 is 4.74 Å². The third kappa shape index (κ3) is 3.59. The molecule has 0 radical (unpaired) electrons. The van der Waals surface area contributed by atoms with Crippen LogP contribution in [-0.4, -0.2) is 41.7 Å². The molecule has 1 fully saturated rings. The van der Waals surface area contributed by atoms with Crippen molar-refractivity contribution >= 4 is 23.0 Å². The Morgan fingerprint density at radius 3 is 2.62 bits per heavy atom. The van der Waals surface area contributed by atoms with Gasteiger partial charge in [-0.25, -0.2) is 4.99 Å². The second kappa shape index (κ2) is 6.69. The molecular weight excluding hydrogens is 284 g/mol. The van der Waals surface area contributed by atoms with Gasteiger partial charge in [-0.1, -0.05) is 18.2 Å². The van der Waals surface area contributed by atoms with E-state index >= 15 is 0 Å². The van der Waals surface area contributed by atoms with Crippen LogP contribution in [0, 0.1) is 0 Å². The molecule has 0 aliphatic carbocycles. The molecule has 0 atom stereocenters. The lowest BCUT2D eigenvalue weighted by atomic mass is 10.3. The van der Waals surface area contributed by atoms with Crippen molar-refractivity contribution in [2.45, 2.75) is 0 Å². The van der Waals surface area contributed by atoms with E-state index < -0.39 is 0 Å². The molecule has 0 bridgehead atoms. The largest absolute Gasteiger partial charge is 0.378 e. The van der Waals surface area contributed by atoms with Crippen molar-refractivity contribution in [3.05, 3.63) is 46.7 Å². The summed E-state index contributed by atoms with van der Waals surface area (Å²) in [5.74, 6) is 0.752. The van der Waals surface area contributed by atoms with E-state index in [1.54, 1.807) is 11.3 Å². The third-order valence-electron chi connectivity index (χ3n) is 3.23. The van der Waals surface area contributed by atoms with Gasteiger partial charge < -0.3 is 14.2 Å². The van der Waals surface area contributed by atoms with Crippen LogP contribution >= 0.6 is 11.3 Å². The maximum absolute atomic E-state index is 5.42. The van der Waals surface area contributed by atoms with Crippen molar-refractivity contribution in [1.29, 1.82) is 0 Å². The highest BCUT2D eigenvalue weighted by Crippen LogP contribution is 2.12. The highest BCUT2D eigenvalue weighted by Gasteiger charge is 2.15. The van der Waals surface area contributed by atoms with Gasteiger partial charge in [-0.2, -0.15) is 4.99 Å². The normalized spacial score (nSPS) is 17.3. The standard InChI is InChI=1S/C15H18N4OS/c1-18-9-12-21-15(18)17-14(19-7-10-20-11-8-19)16-13-5-3-2-4-6-13/h2-6,9,12H,7-8,10-11H2,1H3. The van der Waals surface area contributed by atoms with E-state index in [2.05, 4.69) is 4.90 Å². The first-order valence-electron chi connectivity index (χ1n) is 6.94. The summed E-state index contributed by atoms with van der Waals surface area (Å²) in [4.78, 5) is 12.6. The Morgan fingerprint density at radius 2 is 1.95 bits per heavy atom. The predicted octanol–water partition coefficient (Wildman–Crippen LogP) is 2.01. The molecule has 1 aromatic carbocycles. The van der Waals surface area contributed by atoms with Crippen molar-refractivity contribution in [2.24, 2.45) is 17.0 Å². The van der Waals surface area contributed by atoms with Gasteiger partial charge in [-0.3, -0.25) is 0 Å². The van der Waals surface area contributed by atoms with Crippen molar-refractivity contribution in [1.82, 2.24) is 9.47 Å². The minimum absolute atomic E-state index is 0.722. The quantitative estimate of drug-likeness (QED) is 0.597. The molecular formula is C15H18N4OS. The number of guanidine groups is 1. The first-order valence-corrected chi connectivity index (χ1v) is 7.82. The minimum Gasteiger partial charge on any atom is -0.378 e. The molecule has 0 unspecified atom stereocenters. The van der Waals surface area contributed by atoms with E-state index in [1.807, 2.05) is 53.5 Å². The third-order valence-corrected chi connectivity index (χ3v) is 4.08. The summed E-state index contributed by atoms with van der Waals surface area (Å²) in [5, 5.41) is 2.03. The summed E-state index contributed by atoms with van der Waals surface area (Å²) in [7, 11) is 1.99. The lowest BCUT2D eigenvalue weighted by Gasteiger charge is -2.27. The number of benzene rings is 1. The molecule has 1 aromatic heterocycles. The number of thiazole rings is 1. The van der Waals surface area contributed by atoms with E-state index in [-0.39, 0.29) is 0 Å². The molecule has 1 aliphatic rings. The number of para-hydroxylation sites is 1. The predicted molar refractivity (Wildman–Crippen MR) is 84.8 cm³/mol. The zero-order valence-corrected chi connectivity index (χ0v) is 12.8. The lowest BCUT2D eigenvalue weighted by Crippen LogP contribution is -2.40. The van der Waals surface area contributed by atoms with Gasteiger partial charge in [-0.05, 0) is 12.1 Å². The summed E-state index contributed by atoms with van der Waals surface area (Å²) >= 11 is 1.61. The Hall–Kier alpha value is -1.92. The molecule has 0 spiro atoms. The molecule has 1 aliphatic heterocycles. The van der Waals surface area contributed by atoms with Gasteiger partial charge in [0.25, 0.3) is 0 Å². The van der Waals surface area contributed by atoms with Crippen LogP contribution in [0.25, 0.3) is 0 Å². The zero-order chi connectivity index (χ0) is 14.5. The number of aryl methyl sites for hydroxylation is 1. The number of aromatic nitrogens is 1. The number of aliphatic imine (C=N–C) groups is 1. The van der Waals surface area contributed by atoms with Crippen LogP contribution in [0.3, 0.4) is 0 Å². The number of rotatable bonds is 1. The van der Waals surface area contributed by atoms with Crippen LogP contribution < -0.4 is 4.80 Å². The molecule has 1 saturated heterocycles. The molecule has 0 N–H and O–H groups in total. The summed E-state index contributed by atoms with van der Waals surface area (Å²) in [6.45, 7) is 3.09. The van der Waals surface area contributed by atoms with Crippen LogP contribution in [0.5, 0.6) is 0 Å². The Bertz CT molecular complexity index is 668. The van der Waals surface area contributed by atoms with Gasteiger partial charge in [0.05, 0.1) is 18.9 Å². The minimum atomic E-state index is 0.722.